The van der Waals surface area contributed by atoms with Crippen molar-refractivity contribution in [2.75, 3.05) is 23.5 Å². The number of nitrogens with one attached hydrogen (secondary N) is 1. The summed E-state index contributed by atoms with van der Waals surface area (Å²) in [6.45, 7) is 2.68. The lowest BCUT2D eigenvalue weighted by Crippen LogP contribution is -2.73. The van der Waals surface area contributed by atoms with Gasteiger partial charge >= 0.3 is 6.03 Å². The zero-order valence-corrected chi connectivity index (χ0v) is 18.8. The maximum absolute atomic E-state index is 14.1. The van der Waals surface area contributed by atoms with Gasteiger partial charge in [0.1, 0.15) is 5.75 Å². The quantitative estimate of drug-likeness (QED) is 0.421. The second-order valence-corrected chi connectivity index (χ2v) is 9.15. The first-order valence-electron chi connectivity index (χ1n) is 11.1. The topological polar surface area (TPSA) is 122 Å². The van der Waals surface area contributed by atoms with E-state index in [-0.39, 0.29) is 18.0 Å². The Balaban J connectivity index is 1.66. The van der Waals surface area contributed by atoms with Gasteiger partial charge in [-0.1, -0.05) is 6.92 Å². The molecule has 0 radical (unpaired) electrons. The van der Waals surface area contributed by atoms with Crippen molar-refractivity contribution in [3.8, 4) is 5.75 Å². The molecule has 34 heavy (non-hydrogen) atoms. The van der Waals surface area contributed by atoms with E-state index in [2.05, 4.69) is 12.2 Å². The van der Waals surface area contributed by atoms with Gasteiger partial charge in [-0.15, -0.1) is 0 Å². The highest BCUT2D eigenvalue weighted by atomic mass is 16.6. The summed E-state index contributed by atoms with van der Waals surface area (Å²) in [6, 6.07) is 9.72. The predicted molar refractivity (Wildman–Crippen MR) is 123 cm³/mol. The SMILES string of the molecule is COc1ccc(N2C(=O)NC(=O)[C@]3(Cc4cc([N+](=O)[O-])ccc4N4CC[C@H](C)C[C@H]43)C2=O)cc1. The molecule has 3 heterocycles. The van der Waals surface area contributed by atoms with Crippen LogP contribution in [0.3, 0.4) is 0 Å². The van der Waals surface area contributed by atoms with Crippen LogP contribution in [0.15, 0.2) is 42.5 Å². The van der Waals surface area contributed by atoms with Gasteiger partial charge in [-0.25, -0.2) is 9.69 Å². The number of hydrogen-bond acceptors (Lipinski definition) is 7. The first-order chi connectivity index (χ1) is 16.3. The van der Waals surface area contributed by atoms with Crippen molar-refractivity contribution >= 4 is 34.9 Å². The number of urea groups is 1. The third-order valence-corrected chi connectivity index (χ3v) is 7.23. The molecule has 2 fully saturated rings. The minimum atomic E-state index is -1.59. The number of hydrogen-bond donors (Lipinski definition) is 1. The molecule has 1 N–H and O–H groups in total. The van der Waals surface area contributed by atoms with E-state index >= 15 is 0 Å². The molecular formula is C24H24N4O6. The van der Waals surface area contributed by atoms with Crippen LogP contribution < -0.4 is 19.9 Å². The van der Waals surface area contributed by atoms with E-state index < -0.39 is 34.2 Å². The Morgan fingerprint density at radius 2 is 1.88 bits per heavy atom. The molecule has 3 aliphatic rings. The average molecular weight is 464 g/mol. The number of benzene rings is 2. The number of ether oxygens (including phenoxy) is 1. The molecule has 4 amide bonds. The average Bonchev–Trinajstić information content (AvgIpc) is 2.82. The zero-order chi connectivity index (χ0) is 24.2. The van der Waals surface area contributed by atoms with Gasteiger partial charge in [-0.2, -0.15) is 0 Å². The lowest BCUT2D eigenvalue weighted by Gasteiger charge is -2.54. The van der Waals surface area contributed by atoms with E-state index in [1.807, 2.05) is 4.90 Å². The fourth-order valence-corrected chi connectivity index (χ4v) is 5.49. The molecule has 176 valence electrons. The number of fused-ring (bicyclic) bond motifs is 4. The second kappa shape index (κ2) is 7.82. The molecule has 5 rings (SSSR count). The number of nitro benzene ring substituents is 1. The Bertz CT molecular complexity index is 1210. The van der Waals surface area contributed by atoms with Gasteiger partial charge in [0.2, 0.25) is 5.91 Å². The summed E-state index contributed by atoms with van der Waals surface area (Å²) in [5, 5.41) is 13.8. The summed E-state index contributed by atoms with van der Waals surface area (Å²) in [5.41, 5.74) is -0.0425. The number of piperidine rings is 1. The standard InChI is InChI=1S/C24H24N4O6/c1-14-9-10-26-19-8-5-17(28(32)33)12-15(19)13-24(20(26)11-14)21(29)25-23(31)27(22(24)30)16-3-6-18(34-2)7-4-16/h3-8,12,14,20H,9-11,13H2,1-2H3,(H,25,29,31)/t14-,20-,24+/m0/s1. The summed E-state index contributed by atoms with van der Waals surface area (Å²) < 4.78 is 5.17. The molecule has 0 bridgehead atoms. The van der Waals surface area contributed by atoms with Crippen molar-refractivity contribution in [3.05, 3.63) is 58.1 Å². The van der Waals surface area contributed by atoms with Gasteiger partial charge in [0.15, 0.2) is 5.41 Å². The number of imide groups is 2. The molecule has 0 aromatic heterocycles. The molecule has 0 unspecified atom stereocenters. The van der Waals surface area contributed by atoms with Crippen LogP contribution in [0.25, 0.3) is 0 Å². The van der Waals surface area contributed by atoms with E-state index in [1.165, 1.54) is 19.2 Å². The molecular weight excluding hydrogens is 440 g/mol. The van der Waals surface area contributed by atoms with Crippen LogP contribution in [0, 0.1) is 21.4 Å². The molecule has 2 saturated heterocycles. The van der Waals surface area contributed by atoms with Gasteiger partial charge in [0, 0.05) is 30.8 Å². The number of amides is 4. The number of rotatable bonds is 3. The van der Waals surface area contributed by atoms with Crippen molar-refractivity contribution < 1.29 is 24.0 Å². The number of barbiturate groups is 1. The first kappa shape index (κ1) is 21.9. The molecule has 3 atom stereocenters. The number of non-ortho nitro benzene ring substituents is 1. The number of anilines is 2. The molecule has 2 aromatic carbocycles. The third-order valence-electron chi connectivity index (χ3n) is 7.23. The van der Waals surface area contributed by atoms with E-state index in [1.54, 1.807) is 30.3 Å². The Hall–Kier alpha value is -3.95. The molecule has 10 nitrogen and oxygen atoms in total. The highest BCUT2D eigenvalue weighted by Crippen LogP contribution is 2.49. The highest BCUT2D eigenvalue weighted by Gasteiger charge is 2.63. The molecule has 10 heteroatoms. The van der Waals surface area contributed by atoms with Gasteiger partial charge < -0.3 is 9.64 Å². The smallest absolute Gasteiger partial charge is 0.335 e. The molecule has 0 saturated carbocycles. The van der Waals surface area contributed by atoms with Crippen molar-refractivity contribution in [1.82, 2.24) is 5.32 Å². The number of carbonyl (C=O) groups excluding carboxylic acids is 3. The summed E-state index contributed by atoms with van der Waals surface area (Å²) in [4.78, 5) is 54.4. The monoisotopic (exact) mass is 464 g/mol. The number of methoxy groups -OCH3 is 1. The van der Waals surface area contributed by atoms with Crippen molar-refractivity contribution in [3.63, 3.8) is 0 Å². The van der Waals surface area contributed by atoms with Gasteiger partial charge in [-0.05, 0) is 54.7 Å². The first-order valence-corrected chi connectivity index (χ1v) is 11.1. The van der Waals surface area contributed by atoms with E-state index in [9.17, 15) is 24.5 Å². The van der Waals surface area contributed by atoms with E-state index in [0.717, 1.165) is 17.0 Å². The van der Waals surface area contributed by atoms with Crippen LogP contribution in [-0.4, -0.2) is 42.5 Å². The van der Waals surface area contributed by atoms with E-state index in [0.29, 0.717) is 30.0 Å². The second-order valence-electron chi connectivity index (χ2n) is 9.15. The van der Waals surface area contributed by atoms with Crippen molar-refractivity contribution in [2.45, 2.75) is 32.2 Å². The highest BCUT2D eigenvalue weighted by molar-refractivity contribution is 6.30. The Kier molecular flexibility index (Phi) is 5.03. The maximum atomic E-state index is 14.1. The van der Waals surface area contributed by atoms with Gasteiger partial charge in [0.05, 0.1) is 23.8 Å². The summed E-state index contributed by atoms with van der Waals surface area (Å²) in [6.07, 6.45) is 1.42. The van der Waals surface area contributed by atoms with Gasteiger partial charge in [0.25, 0.3) is 11.6 Å². The Morgan fingerprint density at radius 3 is 2.56 bits per heavy atom. The third kappa shape index (κ3) is 3.12. The molecule has 2 aromatic rings. The normalized spacial score (nSPS) is 26.1. The predicted octanol–water partition coefficient (Wildman–Crippen LogP) is 3.03. The molecule has 0 aliphatic carbocycles. The molecule has 1 spiro atoms. The van der Waals surface area contributed by atoms with Crippen LogP contribution in [0.1, 0.15) is 25.3 Å². The number of nitrogens with zero attached hydrogens (tertiary/aromatic N) is 3. The Labute approximate surface area is 195 Å². The van der Waals surface area contributed by atoms with Crippen LogP contribution in [0.5, 0.6) is 5.75 Å². The lowest BCUT2D eigenvalue weighted by molar-refractivity contribution is -0.384. The largest absolute Gasteiger partial charge is 0.497 e. The fourth-order valence-electron chi connectivity index (χ4n) is 5.49. The molecule has 3 aliphatic heterocycles. The fraction of sp³-hybridized carbons (Fsp3) is 0.375. The van der Waals surface area contributed by atoms with E-state index in [4.69, 9.17) is 4.74 Å². The summed E-state index contributed by atoms with van der Waals surface area (Å²) >= 11 is 0. The number of carbonyl (C=O) groups is 3. The van der Waals surface area contributed by atoms with Crippen LogP contribution in [-0.2, 0) is 16.0 Å². The van der Waals surface area contributed by atoms with Crippen LogP contribution in [0.2, 0.25) is 0 Å². The minimum Gasteiger partial charge on any atom is -0.497 e. The Morgan fingerprint density at radius 1 is 1.15 bits per heavy atom. The number of nitro groups is 1. The van der Waals surface area contributed by atoms with Crippen molar-refractivity contribution in [2.24, 2.45) is 11.3 Å². The summed E-state index contributed by atoms with van der Waals surface area (Å²) in [5.74, 6) is -0.447. The summed E-state index contributed by atoms with van der Waals surface area (Å²) in [7, 11) is 1.51. The maximum Gasteiger partial charge on any atom is 0.335 e. The van der Waals surface area contributed by atoms with Crippen LogP contribution in [0.4, 0.5) is 21.9 Å². The van der Waals surface area contributed by atoms with Gasteiger partial charge in [-0.3, -0.25) is 25.0 Å². The van der Waals surface area contributed by atoms with Crippen LogP contribution >= 0.6 is 0 Å². The van der Waals surface area contributed by atoms with Crippen molar-refractivity contribution in [1.29, 1.82) is 0 Å². The zero-order valence-electron chi connectivity index (χ0n) is 18.8. The lowest BCUT2D eigenvalue weighted by atomic mass is 9.64. The minimum absolute atomic E-state index is 0.0253.